The van der Waals surface area contributed by atoms with E-state index in [0.29, 0.717) is 6.04 Å². The van der Waals surface area contributed by atoms with Crippen LogP contribution in [-0.4, -0.2) is 11.0 Å². The number of nitrogens with zero attached hydrogens (tertiary/aromatic N) is 1. The van der Waals surface area contributed by atoms with E-state index in [-0.39, 0.29) is 0 Å². The summed E-state index contributed by atoms with van der Waals surface area (Å²) in [6.45, 7) is 4.71. The number of aromatic nitrogens is 1. The van der Waals surface area contributed by atoms with Gasteiger partial charge in [0.2, 0.25) is 0 Å². The first-order valence-corrected chi connectivity index (χ1v) is 7.86. The summed E-state index contributed by atoms with van der Waals surface area (Å²) < 4.78 is 0. The van der Waals surface area contributed by atoms with Crippen molar-refractivity contribution in [2.75, 3.05) is 5.32 Å². The van der Waals surface area contributed by atoms with Crippen LogP contribution in [0.1, 0.15) is 39.5 Å². The fraction of sp³-hybridized carbons (Fsp3) is 0.500. The zero-order chi connectivity index (χ0) is 13.9. The number of hydrogen-bond acceptors (Lipinski definition) is 2. The van der Waals surface area contributed by atoms with Gasteiger partial charge in [-0.25, -0.2) is 0 Å². The van der Waals surface area contributed by atoms with Gasteiger partial charge in [0, 0.05) is 23.3 Å². The van der Waals surface area contributed by atoms with E-state index in [1.807, 2.05) is 6.20 Å². The smallest absolute Gasteiger partial charge is 0.0722 e. The number of hydrogen-bond donors (Lipinski definition) is 1. The maximum Gasteiger partial charge on any atom is 0.0722 e. The van der Waals surface area contributed by atoms with Crippen molar-refractivity contribution in [1.82, 2.24) is 4.98 Å². The van der Waals surface area contributed by atoms with Crippen molar-refractivity contribution < 1.29 is 0 Å². The maximum absolute atomic E-state index is 4.45. The first-order valence-electron chi connectivity index (χ1n) is 7.86. The zero-order valence-electron chi connectivity index (χ0n) is 12.5. The minimum absolute atomic E-state index is 0.606. The van der Waals surface area contributed by atoms with Gasteiger partial charge in [-0.05, 0) is 36.8 Å². The van der Waals surface area contributed by atoms with E-state index >= 15 is 0 Å². The molecule has 1 aliphatic carbocycles. The van der Waals surface area contributed by atoms with E-state index < -0.39 is 0 Å². The van der Waals surface area contributed by atoms with E-state index in [0.717, 1.165) is 17.4 Å². The van der Waals surface area contributed by atoms with Crippen LogP contribution in [0.3, 0.4) is 0 Å². The molecule has 2 atom stereocenters. The first-order chi connectivity index (χ1) is 9.75. The van der Waals surface area contributed by atoms with Crippen molar-refractivity contribution in [3.8, 4) is 0 Å². The number of rotatable bonds is 3. The molecule has 20 heavy (non-hydrogen) atoms. The van der Waals surface area contributed by atoms with Crippen LogP contribution >= 0.6 is 0 Å². The molecule has 0 radical (unpaired) electrons. The molecule has 2 heteroatoms. The first kappa shape index (κ1) is 13.4. The predicted octanol–water partition coefficient (Wildman–Crippen LogP) is 4.86. The highest BCUT2D eigenvalue weighted by Gasteiger charge is 2.27. The maximum atomic E-state index is 4.45. The molecule has 2 nitrogen and oxygen atoms in total. The fourth-order valence-corrected chi connectivity index (χ4v) is 3.56. The minimum Gasteiger partial charge on any atom is -0.381 e. The summed E-state index contributed by atoms with van der Waals surface area (Å²) in [4.78, 5) is 4.45. The number of fused-ring (bicyclic) bond motifs is 1. The Kier molecular flexibility index (Phi) is 3.90. The molecule has 106 valence electrons. The van der Waals surface area contributed by atoms with Crippen LogP contribution in [-0.2, 0) is 0 Å². The SMILES string of the molecule is CC(C)C1CCCCC1Nc1ccnc2ccccc12. The van der Waals surface area contributed by atoms with E-state index in [2.05, 4.69) is 54.5 Å². The number of benzene rings is 1. The third-order valence-electron chi connectivity index (χ3n) is 4.67. The van der Waals surface area contributed by atoms with Gasteiger partial charge in [-0.3, -0.25) is 4.98 Å². The Morgan fingerprint density at radius 1 is 1.10 bits per heavy atom. The molecule has 1 aliphatic rings. The molecule has 2 aromatic rings. The van der Waals surface area contributed by atoms with Gasteiger partial charge in [-0.15, -0.1) is 0 Å². The lowest BCUT2D eigenvalue weighted by Crippen LogP contribution is -2.35. The molecule has 2 unspecified atom stereocenters. The second-order valence-electron chi connectivity index (χ2n) is 6.32. The molecular weight excluding hydrogens is 244 g/mol. The van der Waals surface area contributed by atoms with Gasteiger partial charge in [0.25, 0.3) is 0 Å². The van der Waals surface area contributed by atoms with Gasteiger partial charge in [0.1, 0.15) is 0 Å². The van der Waals surface area contributed by atoms with Crippen molar-refractivity contribution in [3.63, 3.8) is 0 Å². The normalized spacial score (nSPS) is 23.1. The van der Waals surface area contributed by atoms with E-state index in [1.165, 1.54) is 36.8 Å². The largest absolute Gasteiger partial charge is 0.381 e. The summed E-state index contributed by atoms with van der Waals surface area (Å²) in [6.07, 6.45) is 7.30. The second-order valence-corrected chi connectivity index (χ2v) is 6.32. The van der Waals surface area contributed by atoms with Crippen LogP contribution in [0.25, 0.3) is 10.9 Å². The Morgan fingerprint density at radius 2 is 1.90 bits per heavy atom. The zero-order valence-corrected chi connectivity index (χ0v) is 12.5. The highest BCUT2D eigenvalue weighted by Crippen LogP contribution is 2.33. The molecule has 0 aliphatic heterocycles. The molecular formula is C18H24N2. The Morgan fingerprint density at radius 3 is 2.75 bits per heavy atom. The Hall–Kier alpha value is -1.57. The molecule has 1 heterocycles. The average Bonchev–Trinajstić information content (AvgIpc) is 2.48. The topological polar surface area (TPSA) is 24.9 Å². The highest BCUT2D eigenvalue weighted by atomic mass is 14.9. The second kappa shape index (κ2) is 5.82. The number of nitrogens with one attached hydrogen (secondary N) is 1. The van der Waals surface area contributed by atoms with Crippen LogP contribution in [0.5, 0.6) is 0 Å². The van der Waals surface area contributed by atoms with Crippen molar-refractivity contribution in [2.45, 2.75) is 45.6 Å². The van der Waals surface area contributed by atoms with E-state index in [9.17, 15) is 0 Å². The lowest BCUT2D eigenvalue weighted by molar-refractivity contribution is 0.254. The molecule has 0 spiro atoms. The highest BCUT2D eigenvalue weighted by molar-refractivity contribution is 5.90. The third kappa shape index (κ3) is 2.65. The molecule has 0 bridgehead atoms. The monoisotopic (exact) mass is 268 g/mol. The lowest BCUT2D eigenvalue weighted by atomic mass is 9.77. The summed E-state index contributed by atoms with van der Waals surface area (Å²) in [5, 5.41) is 5.05. The summed E-state index contributed by atoms with van der Waals surface area (Å²) >= 11 is 0. The predicted molar refractivity (Wildman–Crippen MR) is 85.9 cm³/mol. The van der Waals surface area contributed by atoms with E-state index in [1.54, 1.807) is 0 Å². The van der Waals surface area contributed by atoms with E-state index in [4.69, 9.17) is 0 Å². The summed E-state index contributed by atoms with van der Waals surface area (Å²) in [5.74, 6) is 1.54. The molecule has 1 aromatic heterocycles. The fourth-order valence-electron chi connectivity index (χ4n) is 3.56. The van der Waals surface area contributed by atoms with Crippen LogP contribution in [0.15, 0.2) is 36.5 Å². The van der Waals surface area contributed by atoms with Crippen molar-refractivity contribution in [1.29, 1.82) is 0 Å². The van der Waals surface area contributed by atoms with Gasteiger partial charge in [0.15, 0.2) is 0 Å². The lowest BCUT2D eigenvalue weighted by Gasteiger charge is -2.35. The van der Waals surface area contributed by atoms with Gasteiger partial charge < -0.3 is 5.32 Å². The summed E-state index contributed by atoms with van der Waals surface area (Å²) in [7, 11) is 0. The molecule has 0 saturated heterocycles. The summed E-state index contributed by atoms with van der Waals surface area (Å²) in [5.41, 5.74) is 2.32. The van der Waals surface area contributed by atoms with Gasteiger partial charge >= 0.3 is 0 Å². The van der Waals surface area contributed by atoms with Crippen molar-refractivity contribution in [2.24, 2.45) is 11.8 Å². The van der Waals surface area contributed by atoms with Crippen LogP contribution in [0.4, 0.5) is 5.69 Å². The molecule has 1 aromatic carbocycles. The molecule has 1 fully saturated rings. The number of anilines is 1. The van der Waals surface area contributed by atoms with Gasteiger partial charge in [-0.1, -0.05) is 44.9 Å². The Bertz CT molecular complexity index is 571. The standard InChI is InChI=1S/C18H24N2/c1-13(2)14-7-3-6-10-17(14)20-18-11-12-19-16-9-5-4-8-15(16)18/h4-5,8-9,11-14,17H,3,6-7,10H2,1-2H3,(H,19,20). The Labute approximate surface area is 121 Å². The molecule has 3 rings (SSSR count). The molecule has 0 amide bonds. The third-order valence-corrected chi connectivity index (χ3v) is 4.67. The van der Waals surface area contributed by atoms with Crippen molar-refractivity contribution >= 4 is 16.6 Å². The number of para-hydroxylation sites is 1. The average molecular weight is 268 g/mol. The summed E-state index contributed by atoms with van der Waals surface area (Å²) in [6, 6.07) is 11.1. The quantitative estimate of drug-likeness (QED) is 0.859. The van der Waals surface area contributed by atoms with Gasteiger partial charge in [-0.2, -0.15) is 0 Å². The Balaban J connectivity index is 1.88. The molecule has 1 saturated carbocycles. The van der Waals surface area contributed by atoms with Crippen LogP contribution in [0.2, 0.25) is 0 Å². The van der Waals surface area contributed by atoms with Crippen LogP contribution in [0, 0.1) is 11.8 Å². The minimum atomic E-state index is 0.606. The van der Waals surface area contributed by atoms with Crippen LogP contribution < -0.4 is 5.32 Å². The van der Waals surface area contributed by atoms with Crippen molar-refractivity contribution in [3.05, 3.63) is 36.5 Å². The van der Waals surface area contributed by atoms with Gasteiger partial charge in [0.05, 0.1) is 5.52 Å². The number of pyridine rings is 1. The molecule has 1 N–H and O–H groups in total.